The number of aromatic nitrogens is 4. The lowest BCUT2D eigenvalue weighted by Gasteiger charge is -2.11. The Kier molecular flexibility index (Phi) is 5.67. The first-order valence-electron chi connectivity index (χ1n) is 10.5. The van der Waals surface area contributed by atoms with Gasteiger partial charge in [0.15, 0.2) is 0 Å². The van der Waals surface area contributed by atoms with Crippen LogP contribution in [0.5, 0.6) is 0 Å². The number of nitrogens with zero attached hydrogens (tertiary/aromatic N) is 4. The number of carbonyl (C=O) groups is 1. The van der Waals surface area contributed by atoms with E-state index < -0.39 is 0 Å². The maximum absolute atomic E-state index is 13.2. The van der Waals surface area contributed by atoms with Gasteiger partial charge in [0, 0.05) is 41.5 Å². The number of halogens is 1. The number of thiazole rings is 1. The number of aryl methyl sites for hydroxylation is 1. The maximum Gasteiger partial charge on any atom is 0.271 e. The molecule has 0 bridgehead atoms. The van der Waals surface area contributed by atoms with Gasteiger partial charge >= 0.3 is 0 Å². The molecule has 3 aromatic heterocycles. The number of amides is 1. The molecule has 9 heteroatoms. The number of pyridine rings is 1. The van der Waals surface area contributed by atoms with Crippen LogP contribution in [0, 0.1) is 12.8 Å². The van der Waals surface area contributed by atoms with Crippen LogP contribution in [0.15, 0.2) is 36.7 Å². The zero-order chi connectivity index (χ0) is 22.2. The van der Waals surface area contributed by atoms with Crippen LogP contribution >= 0.6 is 22.9 Å². The number of fused-ring (bicyclic) bond motifs is 1. The molecule has 0 saturated carbocycles. The summed E-state index contributed by atoms with van der Waals surface area (Å²) in [5, 5.41) is 13.0. The Hall–Kier alpha value is -2.81. The Balaban J connectivity index is 1.52. The van der Waals surface area contributed by atoms with Gasteiger partial charge in [0.2, 0.25) is 0 Å². The Morgan fingerprint density at radius 3 is 3.00 bits per heavy atom. The molecule has 7 nitrogen and oxygen atoms in total. The molecule has 0 aliphatic carbocycles. The van der Waals surface area contributed by atoms with Crippen LogP contribution in [-0.4, -0.2) is 57.7 Å². The highest BCUT2D eigenvalue weighted by Gasteiger charge is 2.25. The fourth-order valence-electron chi connectivity index (χ4n) is 4.14. The average molecular weight is 467 g/mol. The van der Waals surface area contributed by atoms with E-state index >= 15 is 0 Å². The normalized spacial score (nSPS) is 16.7. The summed E-state index contributed by atoms with van der Waals surface area (Å²) in [5.74, 6) is 0.303. The second-order valence-electron chi connectivity index (χ2n) is 8.23. The first-order chi connectivity index (χ1) is 15.5. The molecular weight excluding hydrogens is 444 g/mol. The summed E-state index contributed by atoms with van der Waals surface area (Å²) in [6.45, 7) is 4.66. The zero-order valence-electron chi connectivity index (χ0n) is 17.9. The second-order valence-corrected chi connectivity index (χ2v) is 9.64. The summed E-state index contributed by atoms with van der Waals surface area (Å²) in [6, 6.07) is 7.61. The van der Waals surface area contributed by atoms with Crippen molar-refractivity contribution in [3.8, 4) is 21.1 Å². The van der Waals surface area contributed by atoms with Crippen LogP contribution in [0.25, 0.3) is 32.0 Å². The van der Waals surface area contributed by atoms with Gasteiger partial charge in [-0.1, -0.05) is 17.7 Å². The van der Waals surface area contributed by atoms with Gasteiger partial charge in [0.1, 0.15) is 16.4 Å². The van der Waals surface area contributed by atoms with E-state index in [0.717, 1.165) is 52.1 Å². The third-order valence-electron chi connectivity index (χ3n) is 5.93. The predicted molar refractivity (Wildman–Crippen MR) is 128 cm³/mol. The van der Waals surface area contributed by atoms with Crippen molar-refractivity contribution in [3.63, 3.8) is 0 Å². The summed E-state index contributed by atoms with van der Waals surface area (Å²) in [7, 11) is 2.11. The van der Waals surface area contributed by atoms with E-state index in [1.807, 2.05) is 31.2 Å². The van der Waals surface area contributed by atoms with Gasteiger partial charge in [-0.25, -0.2) is 4.98 Å². The highest BCUT2D eigenvalue weighted by molar-refractivity contribution is 7.18. The SMILES string of the molecule is Cc1c(Cl)ccc2c(-c3nc(C(=O)NCC4CCN(C)C4)c(-c4cccnc4)s3)[nH]nc12. The van der Waals surface area contributed by atoms with E-state index in [2.05, 4.69) is 32.4 Å². The number of benzene rings is 1. The fraction of sp³-hybridized carbons (Fsp3) is 0.304. The Morgan fingerprint density at radius 1 is 1.38 bits per heavy atom. The summed E-state index contributed by atoms with van der Waals surface area (Å²) in [4.78, 5) is 25.2. The third-order valence-corrected chi connectivity index (χ3v) is 7.47. The van der Waals surface area contributed by atoms with Crippen molar-refractivity contribution in [1.29, 1.82) is 0 Å². The molecule has 4 aromatic rings. The average Bonchev–Trinajstić information content (AvgIpc) is 3.53. The number of nitrogens with one attached hydrogen (secondary N) is 2. The van der Waals surface area contributed by atoms with Gasteiger partial charge in [0.25, 0.3) is 5.91 Å². The monoisotopic (exact) mass is 466 g/mol. The number of hydrogen-bond acceptors (Lipinski definition) is 6. The largest absolute Gasteiger partial charge is 0.350 e. The van der Waals surface area contributed by atoms with Gasteiger partial charge in [-0.05, 0) is 56.6 Å². The highest BCUT2D eigenvalue weighted by Crippen LogP contribution is 2.38. The van der Waals surface area contributed by atoms with Crippen molar-refractivity contribution in [1.82, 2.24) is 30.4 Å². The molecule has 164 valence electrons. The molecule has 1 aliphatic heterocycles. The molecule has 32 heavy (non-hydrogen) atoms. The Labute approximate surface area is 194 Å². The third kappa shape index (κ3) is 3.90. The van der Waals surface area contributed by atoms with E-state index in [1.54, 1.807) is 12.4 Å². The van der Waals surface area contributed by atoms with Crippen LogP contribution in [-0.2, 0) is 0 Å². The Bertz CT molecular complexity index is 1280. The van der Waals surface area contributed by atoms with E-state index in [4.69, 9.17) is 16.6 Å². The van der Waals surface area contributed by atoms with E-state index in [-0.39, 0.29) is 5.91 Å². The molecule has 1 aromatic carbocycles. The molecule has 1 unspecified atom stereocenters. The lowest BCUT2D eigenvalue weighted by molar-refractivity contribution is 0.0944. The molecule has 0 spiro atoms. The number of rotatable bonds is 5. The standard InChI is InChI=1S/C23H23ClN6OS/c1-13-17(24)6-5-16-18(13)28-29-19(16)23-27-20(21(32-23)15-4-3-8-25-11-15)22(31)26-10-14-7-9-30(2)12-14/h3-6,8,11,14H,7,9-10,12H2,1-2H3,(H,26,31)(H,28,29). The smallest absolute Gasteiger partial charge is 0.271 e. The molecule has 1 aliphatic rings. The molecule has 0 radical (unpaired) electrons. The molecule has 4 heterocycles. The van der Waals surface area contributed by atoms with Crippen molar-refractivity contribution < 1.29 is 4.79 Å². The number of hydrogen-bond donors (Lipinski definition) is 2. The molecule has 1 amide bonds. The van der Waals surface area contributed by atoms with Crippen molar-refractivity contribution in [2.24, 2.45) is 5.92 Å². The van der Waals surface area contributed by atoms with Crippen LogP contribution in [0.3, 0.4) is 0 Å². The molecule has 1 atom stereocenters. The first kappa shape index (κ1) is 21.1. The number of likely N-dealkylation sites (tertiary alicyclic amines) is 1. The van der Waals surface area contributed by atoms with Crippen LogP contribution in [0.2, 0.25) is 5.02 Å². The summed E-state index contributed by atoms with van der Waals surface area (Å²) in [5.41, 5.74) is 3.78. The zero-order valence-corrected chi connectivity index (χ0v) is 19.4. The van der Waals surface area contributed by atoms with E-state index in [9.17, 15) is 4.79 Å². The van der Waals surface area contributed by atoms with Crippen molar-refractivity contribution in [3.05, 3.63) is 52.9 Å². The molecule has 5 rings (SSSR count). The lowest BCUT2D eigenvalue weighted by atomic mass is 10.1. The fourth-order valence-corrected chi connectivity index (χ4v) is 5.36. The summed E-state index contributed by atoms with van der Waals surface area (Å²) >= 11 is 7.72. The first-order valence-corrected chi connectivity index (χ1v) is 11.7. The molecule has 2 N–H and O–H groups in total. The van der Waals surface area contributed by atoms with Gasteiger partial charge in [-0.15, -0.1) is 11.3 Å². The topological polar surface area (TPSA) is 86.8 Å². The van der Waals surface area contributed by atoms with Gasteiger partial charge in [-0.3, -0.25) is 14.9 Å². The number of aromatic amines is 1. The van der Waals surface area contributed by atoms with Gasteiger partial charge < -0.3 is 10.2 Å². The number of H-pyrrole nitrogens is 1. The van der Waals surface area contributed by atoms with E-state index in [0.29, 0.717) is 28.2 Å². The quantitative estimate of drug-likeness (QED) is 0.455. The number of carbonyl (C=O) groups excluding carboxylic acids is 1. The van der Waals surface area contributed by atoms with Crippen molar-refractivity contribution in [2.75, 3.05) is 26.7 Å². The Morgan fingerprint density at radius 2 is 2.25 bits per heavy atom. The predicted octanol–water partition coefficient (Wildman–Crippen LogP) is 4.39. The highest BCUT2D eigenvalue weighted by atomic mass is 35.5. The second kappa shape index (κ2) is 8.61. The van der Waals surface area contributed by atoms with Gasteiger partial charge in [-0.2, -0.15) is 5.10 Å². The van der Waals surface area contributed by atoms with Crippen molar-refractivity contribution in [2.45, 2.75) is 13.3 Å². The van der Waals surface area contributed by atoms with E-state index in [1.165, 1.54) is 11.3 Å². The van der Waals surface area contributed by atoms with Crippen LogP contribution < -0.4 is 5.32 Å². The van der Waals surface area contributed by atoms with Gasteiger partial charge in [0.05, 0.1) is 10.4 Å². The minimum absolute atomic E-state index is 0.163. The van der Waals surface area contributed by atoms with Crippen LogP contribution in [0.4, 0.5) is 0 Å². The summed E-state index contributed by atoms with van der Waals surface area (Å²) < 4.78 is 0. The van der Waals surface area contributed by atoms with Crippen LogP contribution in [0.1, 0.15) is 22.5 Å². The minimum Gasteiger partial charge on any atom is -0.350 e. The molecule has 1 saturated heterocycles. The van der Waals surface area contributed by atoms with Crippen molar-refractivity contribution >= 4 is 39.7 Å². The summed E-state index contributed by atoms with van der Waals surface area (Å²) in [6.07, 6.45) is 4.57. The maximum atomic E-state index is 13.2. The minimum atomic E-state index is -0.163. The lowest BCUT2D eigenvalue weighted by Crippen LogP contribution is -2.31. The molecule has 1 fully saturated rings. The molecular formula is C23H23ClN6OS.